The van der Waals surface area contributed by atoms with Gasteiger partial charge in [-0.15, -0.1) is 0 Å². The molecule has 0 saturated heterocycles. The fourth-order valence-electron chi connectivity index (χ4n) is 11.2. The summed E-state index contributed by atoms with van der Waals surface area (Å²) in [4.78, 5) is 10.8. The maximum absolute atomic E-state index is 16.4. The number of nitrogens with zero attached hydrogens (tertiary/aromatic N) is 11. The number of benzene rings is 10. The first kappa shape index (κ1) is 51.7. The van der Waals surface area contributed by atoms with Crippen molar-refractivity contribution in [2.24, 2.45) is 0 Å². The van der Waals surface area contributed by atoms with E-state index in [0.717, 1.165) is 12.1 Å². The second kappa shape index (κ2) is 20.3. The van der Waals surface area contributed by atoms with E-state index in [0.29, 0.717) is 93.7 Å². The Labute approximate surface area is 477 Å². The van der Waals surface area contributed by atoms with Crippen molar-refractivity contribution in [1.82, 2.24) is 9.13 Å². The van der Waals surface area contributed by atoms with Crippen molar-refractivity contribution >= 4 is 60.7 Å². The summed E-state index contributed by atoms with van der Waals surface area (Å²) >= 11 is 0. The number of hydrogen-bond donors (Lipinski definition) is 0. The van der Waals surface area contributed by atoms with Gasteiger partial charge >= 0.3 is 6.18 Å². The highest BCUT2D eigenvalue weighted by Crippen LogP contribution is 2.48. The Morgan fingerprint density at radius 2 is 0.750 bits per heavy atom. The second-order valence-electron chi connectivity index (χ2n) is 19.5. The molecule has 2 aromatic heterocycles. The zero-order valence-corrected chi connectivity index (χ0v) is 43.4. The van der Waals surface area contributed by atoms with Gasteiger partial charge in [0.2, 0.25) is 0 Å². The molecule has 2 heterocycles. The third kappa shape index (κ3) is 8.57. The smallest absolute Gasteiger partial charge is 0.308 e. The molecule has 0 saturated carbocycles. The average molecular weight is 1080 g/mol. The van der Waals surface area contributed by atoms with Crippen molar-refractivity contribution in [3.63, 3.8) is 0 Å². The van der Waals surface area contributed by atoms with E-state index >= 15 is 13.2 Å². The van der Waals surface area contributed by atoms with E-state index in [1.54, 1.807) is 130 Å². The summed E-state index contributed by atoms with van der Waals surface area (Å²) in [6.45, 7) is 23.4. The zero-order chi connectivity index (χ0) is 58.6. The Hall–Kier alpha value is -13.0. The highest BCUT2D eigenvalue weighted by Gasteiger charge is 2.35. The summed E-state index contributed by atoms with van der Waals surface area (Å²) in [5.74, 6) is 0. The minimum Gasteiger partial charge on any atom is -0.308 e. The van der Waals surface area contributed by atoms with Crippen LogP contribution in [0, 0.1) is 87.7 Å². The van der Waals surface area contributed by atoms with E-state index in [1.807, 2.05) is 24.3 Å². The Kier molecular flexibility index (Phi) is 12.5. The fraction of sp³-hybridized carbons (Fsp3) is 0.0143. The Morgan fingerprint density at radius 3 is 1.15 bits per heavy atom. The molecule has 11 nitrogen and oxygen atoms in total. The molecule has 0 radical (unpaired) electrons. The maximum atomic E-state index is 16.4. The van der Waals surface area contributed by atoms with E-state index in [-0.39, 0.29) is 67.4 Å². The van der Waals surface area contributed by atoms with Crippen LogP contribution in [0.15, 0.2) is 182 Å². The summed E-state index contributed by atoms with van der Waals surface area (Å²) in [7, 11) is 0. The van der Waals surface area contributed by atoms with Crippen molar-refractivity contribution in [2.75, 3.05) is 0 Å². The van der Waals surface area contributed by atoms with Gasteiger partial charge in [-0.05, 0) is 135 Å². The Morgan fingerprint density at radius 1 is 0.357 bits per heavy atom. The first-order valence-corrected chi connectivity index (χ1v) is 25.5. The van der Waals surface area contributed by atoms with Gasteiger partial charge in [0.15, 0.2) is 17.1 Å². The van der Waals surface area contributed by atoms with E-state index in [4.69, 9.17) is 19.7 Å². The molecule has 0 bridgehead atoms. The van der Waals surface area contributed by atoms with Crippen molar-refractivity contribution in [3.05, 3.63) is 255 Å². The van der Waals surface area contributed by atoms with Gasteiger partial charge in [0, 0.05) is 43.8 Å². The molecule has 0 atom stereocenters. The average Bonchev–Trinajstić information content (AvgIpc) is 2.00. The molecular weight excluding hydrogens is 1050 g/mol. The third-order valence-corrected chi connectivity index (χ3v) is 15.0. The van der Waals surface area contributed by atoms with Gasteiger partial charge in [0.1, 0.15) is 0 Å². The monoisotopic (exact) mass is 1080 g/mol. The third-order valence-electron chi connectivity index (χ3n) is 15.0. The topological polar surface area (TPSA) is 166 Å². The summed E-state index contributed by atoms with van der Waals surface area (Å²) in [5, 5.41) is 63.8. The van der Waals surface area contributed by atoms with Gasteiger partial charge < -0.3 is 9.13 Å². The number of hydrogen-bond acceptors (Lipinski definition) is 6. The van der Waals surface area contributed by atoms with Crippen LogP contribution in [0.25, 0.3) is 125 Å². The van der Waals surface area contributed by atoms with Gasteiger partial charge in [-0.25, -0.2) is 14.5 Å². The quantitative estimate of drug-likeness (QED) is 0.144. The molecule has 0 fully saturated rings. The second-order valence-corrected chi connectivity index (χ2v) is 19.5. The van der Waals surface area contributed by atoms with Crippen LogP contribution in [0.5, 0.6) is 0 Å². The van der Waals surface area contributed by atoms with Gasteiger partial charge in [-0.2, -0.15) is 44.7 Å². The number of rotatable bonds is 7. The maximum Gasteiger partial charge on any atom is 0.416 e. The number of halogens is 3. The molecule has 0 N–H and O–H groups in total. The van der Waals surface area contributed by atoms with Crippen LogP contribution in [0.3, 0.4) is 0 Å². The zero-order valence-electron chi connectivity index (χ0n) is 43.4. The molecule has 12 aromatic rings. The largest absolute Gasteiger partial charge is 0.416 e. The highest BCUT2D eigenvalue weighted by atomic mass is 19.4. The SMILES string of the molecule is [C-]#[N+]c1ccc(-c2ccc3c4ccc(-c5ccc(C#N)cc5C#N)cc4n(-c4cc(C(F)(F)F)cc(-n5c6cc(-c7ccc([N+]#[C-])cc7C#N)ccc6c6ccc(-c7ccc(C#N)cc7[N+]#[C-])cc65)c4-c4cccc(C#N)c4)c3c2)c(C#N)c1. The molecule has 0 unspecified atom stereocenters. The van der Waals surface area contributed by atoms with Gasteiger partial charge in [0.25, 0.3) is 0 Å². The van der Waals surface area contributed by atoms with E-state index in [2.05, 4.69) is 51.0 Å². The van der Waals surface area contributed by atoms with Crippen LogP contribution in [-0.2, 0) is 6.18 Å². The lowest BCUT2D eigenvalue weighted by atomic mass is 9.95. The minimum atomic E-state index is -5.02. The van der Waals surface area contributed by atoms with Crippen LogP contribution in [0.2, 0.25) is 0 Å². The molecule has 386 valence electrons. The number of nitriles is 6. The molecule has 0 aliphatic heterocycles. The lowest BCUT2D eigenvalue weighted by Gasteiger charge is -2.23. The Bertz CT molecular complexity index is 4760. The van der Waals surface area contributed by atoms with E-state index in [9.17, 15) is 31.6 Å². The highest BCUT2D eigenvalue weighted by molar-refractivity contribution is 6.14. The van der Waals surface area contributed by atoms with Gasteiger partial charge in [0.05, 0.1) is 112 Å². The molecular formula is C70H30F3N11. The number of alkyl halides is 3. The molecule has 0 amide bonds. The van der Waals surface area contributed by atoms with Crippen molar-refractivity contribution in [1.29, 1.82) is 31.6 Å². The van der Waals surface area contributed by atoms with E-state index < -0.39 is 11.7 Å². The summed E-state index contributed by atoms with van der Waals surface area (Å²) < 4.78 is 52.6. The predicted octanol–water partition coefficient (Wildman–Crippen LogP) is 18.1. The van der Waals surface area contributed by atoms with Crippen molar-refractivity contribution in [3.8, 4) is 103 Å². The predicted molar refractivity (Wildman–Crippen MR) is 314 cm³/mol. The van der Waals surface area contributed by atoms with Crippen LogP contribution >= 0.6 is 0 Å². The molecule has 12 rings (SSSR count). The molecule has 84 heavy (non-hydrogen) atoms. The molecule has 0 spiro atoms. The van der Waals surface area contributed by atoms with Crippen LogP contribution in [0.4, 0.5) is 30.2 Å². The van der Waals surface area contributed by atoms with E-state index in [1.165, 1.54) is 24.3 Å². The number of fused-ring (bicyclic) bond motifs is 6. The van der Waals surface area contributed by atoms with Crippen LogP contribution in [0.1, 0.15) is 38.9 Å². The molecule has 14 heteroatoms. The normalized spacial score (nSPS) is 10.9. The lowest BCUT2D eigenvalue weighted by molar-refractivity contribution is -0.137. The van der Waals surface area contributed by atoms with Crippen molar-refractivity contribution in [2.45, 2.75) is 6.18 Å². The van der Waals surface area contributed by atoms with Gasteiger partial charge in [-0.1, -0.05) is 97.1 Å². The minimum absolute atomic E-state index is 0.000367. The molecule has 0 aliphatic carbocycles. The lowest BCUT2D eigenvalue weighted by Crippen LogP contribution is -2.11. The molecule has 10 aromatic carbocycles. The van der Waals surface area contributed by atoms with Crippen LogP contribution in [-0.4, -0.2) is 9.13 Å². The van der Waals surface area contributed by atoms with Crippen LogP contribution < -0.4 is 0 Å². The summed E-state index contributed by atoms with van der Waals surface area (Å²) in [6.07, 6.45) is -5.02. The fourth-order valence-corrected chi connectivity index (χ4v) is 11.2. The number of aromatic nitrogens is 2. The first-order valence-electron chi connectivity index (χ1n) is 25.5. The van der Waals surface area contributed by atoms with Crippen molar-refractivity contribution < 1.29 is 13.2 Å². The van der Waals surface area contributed by atoms with Gasteiger partial charge in [-0.3, -0.25) is 0 Å². The molecule has 0 aliphatic rings. The summed E-state index contributed by atoms with van der Waals surface area (Å²) in [5.41, 5.74) is 6.78. The standard InChI is InChI=1S/C70H30F3N11/c1-80-52-13-21-55(49(26-52)38-78)44-10-18-59-58-17-9-43(54-15-7-41(35-75)24-48(54)37-77)28-63(58)83(64(59)29-44)67-32-51(70(71,72)73)33-68(69(67)47-6-4-5-40(23-47)34-74)84-65-30-45(56-22-14-53(81-2)27-50(56)39-79)11-19-60(65)61-20-12-46(31-66(61)84)57-16-8-42(36-76)25-62(57)82-3/h4-33H. The first-order chi connectivity index (χ1) is 40.8. The Balaban J connectivity index is 1.29. The summed E-state index contributed by atoms with van der Waals surface area (Å²) in [6, 6.07) is 61.9.